The number of hydrogen-bond donors (Lipinski definition) is 2. The van der Waals surface area contributed by atoms with Crippen LogP contribution in [0.3, 0.4) is 0 Å². The molecule has 25 heavy (non-hydrogen) atoms. The van der Waals surface area contributed by atoms with E-state index >= 15 is 0 Å². The summed E-state index contributed by atoms with van der Waals surface area (Å²) in [6.07, 6.45) is -1.19. The van der Waals surface area contributed by atoms with Gasteiger partial charge in [0.15, 0.2) is 6.10 Å². The van der Waals surface area contributed by atoms with Crippen molar-refractivity contribution in [3.8, 4) is 0 Å². The SMILES string of the molecule is CNC(=O)C(O)CO[Si](c1ccccc1)(c1ccccc1)C(C)(C)C. The molecule has 134 valence electrons. The van der Waals surface area contributed by atoms with Crippen LogP contribution in [0.2, 0.25) is 5.04 Å². The van der Waals surface area contributed by atoms with Crippen molar-refractivity contribution in [3.05, 3.63) is 60.7 Å². The van der Waals surface area contributed by atoms with Crippen LogP contribution in [0.15, 0.2) is 60.7 Å². The number of likely N-dealkylation sites (N-methyl/N-ethyl adjacent to an activating group) is 1. The summed E-state index contributed by atoms with van der Waals surface area (Å²) in [5.74, 6) is -0.432. The van der Waals surface area contributed by atoms with Gasteiger partial charge in [0.05, 0.1) is 6.61 Å². The Hall–Kier alpha value is -1.95. The second-order valence-electron chi connectivity index (χ2n) is 7.10. The zero-order valence-electron chi connectivity index (χ0n) is 15.3. The van der Waals surface area contributed by atoms with E-state index in [2.05, 4.69) is 50.4 Å². The Labute approximate surface area is 151 Å². The topological polar surface area (TPSA) is 58.6 Å². The third-order valence-corrected chi connectivity index (χ3v) is 9.43. The summed E-state index contributed by atoms with van der Waals surface area (Å²) >= 11 is 0. The number of rotatable bonds is 6. The minimum atomic E-state index is -2.71. The van der Waals surface area contributed by atoms with Gasteiger partial charge in [-0.3, -0.25) is 4.79 Å². The lowest BCUT2D eigenvalue weighted by atomic mass is 10.2. The van der Waals surface area contributed by atoms with E-state index in [-0.39, 0.29) is 11.6 Å². The second-order valence-corrected chi connectivity index (χ2v) is 11.4. The molecule has 1 atom stereocenters. The first kappa shape index (κ1) is 19.4. The van der Waals surface area contributed by atoms with Crippen LogP contribution in [0, 0.1) is 0 Å². The zero-order valence-corrected chi connectivity index (χ0v) is 16.3. The van der Waals surface area contributed by atoms with Crippen LogP contribution in [0.25, 0.3) is 0 Å². The number of benzene rings is 2. The molecule has 2 N–H and O–H groups in total. The predicted molar refractivity (Wildman–Crippen MR) is 104 cm³/mol. The first-order valence-corrected chi connectivity index (χ1v) is 10.4. The second kappa shape index (κ2) is 7.95. The lowest BCUT2D eigenvalue weighted by Crippen LogP contribution is -2.67. The Morgan fingerprint density at radius 3 is 1.84 bits per heavy atom. The van der Waals surface area contributed by atoms with Crippen molar-refractivity contribution in [2.75, 3.05) is 13.7 Å². The highest BCUT2D eigenvalue weighted by Gasteiger charge is 2.50. The molecule has 0 aliphatic heterocycles. The van der Waals surface area contributed by atoms with Crippen molar-refractivity contribution in [2.24, 2.45) is 0 Å². The quantitative estimate of drug-likeness (QED) is 0.773. The molecule has 0 heterocycles. The Bertz CT molecular complexity index is 644. The number of aliphatic hydroxyl groups is 1. The highest BCUT2D eigenvalue weighted by atomic mass is 28.4. The molecule has 2 rings (SSSR count). The molecule has 0 fully saturated rings. The first-order valence-electron chi connectivity index (χ1n) is 8.47. The van der Waals surface area contributed by atoms with Crippen LogP contribution in [0.5, 0.6) is 0 Å². The summed E-state index contributed by atoms with van der Waals surface area (Å²) in [4.78, 5) is 11.7. The number of aliphatic hydroxyl groups excluding tert-OH is 1. The molecule has 2 aromatic carbocycles. The van der Waals surface area contributed by atoms with Crippen LogP contribution >= 0.6 is 0 Å². The van der Waals surface area contributed by atoms with Crippen molar-refractivity contribution < 1.29 is 14.3 Å². The van der Waals surface area contributed by atoms with Crippen molar-refractivity contribution in [3.63, 3.8) is 0 Å². The van der Waals surface area contributed by atoms with Crippen molar-refractivity contribution in [1.82, 2.24) is 5.32 Å². The summed E-state index contributed by atoms with van der Waals surface area (Å²) in [7, 11) is -1.20. The van der Waals surface area contributed by atoms with Gasteiger partial charge in [0.2, 0.25) is 0 Å². The molecule has 0 bridgehead atoms. The Morgan fingerprint density at radius 1 is 1.04 bits per heavy atom. The maximum absolute atomic E-state index is 11.7. The molecule has 0 spiro atoms. The molecule has 0 radical (unpaired) electrons. The largest absolute Gasteiger partial charge is 0.404 e. The van der Waals surface area contributed by atoms with Gasteiger partial charge in [0.1, 0.15) is 0 Å². The molecule has 1 unspecified atom stereocenters. The number of carbonyl (C=O) groups excluding carboxylic acids is 1. The molecule has 4 nitrogen and oxygen atoms in total. The Kier molecular flexibility index (Phi) is 6.16. The molecular weight excluding hydrogens is 330 g/mol. The van der Waals surface area contributed by atoms with Gasteiger partial charge in [-0.05, 0) is 15.4 Å². The van der Waals surface area contributed by atoms with Gasteiger partial charge >= 0.3 is 0 Å². The maximum Gasteiger partial charge on any atom is 0.261 e. The number of hydrogen-bond acceptors (Lipinski definition) is 3. The third-order valence-electron chi connectivity index (χ3n) is 4.42. The van der Waals surface area contributed by atoms with E-state index < -0.39 is 20.3 Å². The molecule has 2 aromatic rings. The standard InChI is InChI=1S/C20H27NO3Si/c1-20(2,3)25(16-11-7-5-8-12-16,17-13-9-6-10-14-17)24-15-18(22)19(23)21-4/h5-14,18,22H,15H2,1-4H3,(H,21,23). The Balaban J connectivity index is 2.55. The highest BCUT2D eigenvalue weighted by Crippen LogP contribution is 2.36. The van der Waals surface area contributed by atoms with Crippen molar-refractivity contribution in [1.29, 1.82) is 0 Å². The summed E-state index contributed by atoms with van der Waals surface area (Å²) < 4.78 is 6.48. The van der Waals surface area contributed by atoms with Crippen molar-refractivity contribution in [2.45, 2.75) is 31.9 Å². The van der Waals surface area contributed by atoms with Gasteiger partial charge in [-0.1, -0.05) is 81.4 Å². The van der Waals surface area contributed by atoms with Crippen LogP contribution in [-0.4, -0.2) is 39.1 Å². The number of nitrogens with one attached hydrogen (secondary N) is 1. The monoisotopic (exact) mass is 357 g/mol. The number of amides is 1. The van der Waals surface area contributed by atoms with Gasteiger partial charge in [0.25, 0.3) is 14.2 Å². The van der Waals surface area contributed by atoms with E-state index in [1.165, 1.54) is 7.05 Å². The van der Waals surface area contributed by atoms with E-state index in [1.54, 1.807) is 0 Å². The predicted octanol–water partition coefficient (Wildman–Crippen LogP) is 1.67. The molecule has 0 aliphatic rings. The number of carbonyl (C=O) groups is 1. The normalized spacial score (nSPS) is 13.3. The van der Waals surface area contributed by atoms with E-state index in [1.807, 2.05) is 36.4 Å². The molecular formula is C20H27NO3Si. The van der Waals surface area contributed by atoms with E-state index in [0.717, 1.165) is 10.4 Å². The average Bonchev–Trinajstić information content (AvgIpc) is 2.62. The summed E-state index contributed by atoms with van der Waals surface area (Å²) in [6.45, 7) is 6.44. The fraction of sp³-hybridized carbons (Fsp3) is 0.350. The molecule has 0 aromatic heterocycles. The zero-order chi connectivity index (χ0) is 18.5. The average molecular weight is 358 g/mol. The minimum absolute atomic E-state index is 0.0348. The Morgan fingerprint density at radius 2 is 1.48 bits per heavy atom. The smallest absolute Gasteiger partial charge is 0.261 e. The summed E-state index contributed by atoms with van der Waals surface area (Å²) in [6, 6.07) is 20.3. The van der Waals surface area contributed by atoms with Crippen LogP contribution < -0.4 is 15.7 Å². The highest BCUT2D eigenvalue weighted by molar-refractivity contribution is 6.99. The van der Waals surface area contributed by atoms with E-state index in [9.17, 15) is 9.90 Å². The minimum Gasteiger partial charge on any atom is -0.404 e. The summed E-state index contributed by atoms with van der Waals surface area (Å²) in [5.41, 5.74) is 0. The van der Waals surface area contributed by atoms with E-state index in [0.29, 0.717) is 0 Å². The third kappa shape index (κ3) is 4.00. The van der Waals surface area contributed by atoms with Gasteiger partial charge in [-0.15, -0.1) is 0 Å². The van der Waals surface area contributed by atoms with Gasteiger partial charge in [-0.2, -0.15) is 0 Å². The van der Waals surface area contributed by atoms with Crippen molar-refractivity contribution >= 4 is 24.6 Å². The molecule has 0 aliphatic carbocycles. The fourth-order valence-electron chi connectivity index (χ4n) is 3.21. The van der Waals surface area contributed by atoms with Crippen LogP contribution in [-0.2, 0) is 9.22 Å². The van der Waals surface area contributed by atoms with E-state index in [4.69, 9.17) is 4.43 Å². The lowest BCUT2D eigenvalue weighted by Gasteiger charge is -2.43. The molecule has 0 saturated carbocycles. The molecule has 1 amide bonds. The maximum atomic E-state index is 11.7. The lowest BCUT2D eigenvalue weighted by molar-refractivity contribution is -0.130. The molecule has 0 saturated heterocycles. The summed E-state index contributed by atoms with van der Waals surface area (Å²) in [5, 5.41) is 14.7. The first-order chi connectivity index (χ1) is 11.8. The van der Waals surface area contributed by atoms with Crippen LogP contribution in [0.4, 0.5) is 0 Å². The van der Waals surface area contributed by atoms with Crippen LogP contribution in [0.1, 0.15) is 20.8 Å². The van der Waals surface area contributed by atoms with Gasteiger partial charge < -0.3 is 14.8 Å². The fourth-order valence-corrected chi connectivity index (χ4v) is 7.77. The molecule has 5 heteroatoms. The van der Waals surface area contributed by atoms with Gasteiger partial charge in [-0.25, -0.2) is 0 Å². The van der Waals surface area contributed by atoms with Gasteiger partial charge in [0, 0.05) is 7.05 Å².